The summed E-state index contributed by atoms with van der Waals surface area (Å²) in [4.78, 5) is 15.2. The number of hydrogen-bond donors (Lipinski definition) is 3. The second-order valence-electron chi connectivity index (χ2n) is 7.43. The second-order valence-corrected chi connectivity index (χ2v) is 7.43. The van der Waals surface area contributed by atoms with E-state index in [-0.39, 0.29) is 6.61 Å². The molecule has 0 unspecified atom stereocenters. The maximum Gasteiger partial charge on any atom is 0.255 e. The first-order valence-corrected chi connectivity index (χ1v) is 10.2. The van der Waals surface area contributed by atoms with Crippen molar-refractivity contribution in [3.05, 3.63) is 65.7 Å². The molecule has 0 spiro atoms. The van der Waals surface area contributed by atoms with Gasteiger partial charge in [-0.1, -0.05) is 42.5 Å². The van der Waals surface area contributed by atoms with Crippen LogP contribution in [0.25, 0.3) is 0 Å². The van der Waals surface area contributed by atoms with Crippen molar-refractivity contribution >= 4 is 11.9 Å². The first-order chi connectivity index (χ1) is 14.1. The number of primary amides is 1. The molecule has 4 N–H and O–H groups in total. The van der Waals surface area contributed by atoms with Crippen molar-refractivity contribution in [2.45, 2.75) is 44.2 Å². The number of ether oxygens (including phenoxy) is 1. The van der Waals surface area contributed by atoms with Gasteiger partial charge < -0.3 is 21.1 Å². The summed E-state index contributed by atoms with van der Waals surface area (Å²) in [6.45, 7) is 0.499. The third-order valence-corrected chi connectivity index (χ3v) is 5.30. The Bertz CT molecular complexity index is 815. The number of nitrogens with one attached hydrogen (secondary N) is 2. The largest absolute Gasteiger partial charge is 0.484 e. The Hall–Kier alpha value is -3.02. The Morgan fingerprint density at radius 3 is 2.55 bits per heavy atom. The van der Waals surface area contributed by atoms with Crippen LogP contribution in [-0.2, 0) is 11.3 Å². The molecule has 0 aromatic heterocycles. The molecule has 0 heterocycles. The van der Waals surface area contributed by atoms with Crippen LogP contribution >= 0.6 is 0 Å². The summed E-state index contributed by atoms with van der Waals surface area (Å²) in [5.41, 5.74) is 7.62. The number of benzene rings is 2. The Morgan fingerprint density at radius 2 is 1.86 bits per heavy atom. The van der Waals surface area contributed by atoms with Gasteiger partial charge in [-0.05, 0) is 54.9 Å². The highest BCUT2D eigenvalue weighted by molar-refractivity contribution is 5.80. The number of carbonyl (C=O) groups is 1. The fraction of sp³-hybridized carbons (Fsp3) is 0.391. The maximum atomic E-state index is 10.9. The zero-order valence-electron chi connectivity index (χ0n) is 16.9. The van der Waals surface area contributed by atoms with Gasteiger partial charge in [-0.15, -0.1) is 0 Å². The number of carbonyl (C=O) groups excluding carboxylic acids is 1. The molecule has 0 radical (unpaired) electrons. The monoisotopic (exact) mass is 394 g/mol. The van der Waals surface area contributed by atoms with E-state index >= 15 is 0 Å². The molecule has 1 aliphatic rings. The first-order valence-electron chi connectivity index (χ1n) is 10.2. The summed E-state index contributed by atoms with van der Waals surface area (Å²) < 4.78 is 5.36. The van der Waals surface area contributed by atoms with Crippen LogP contribution in [0.2, 0.25) is 0 Å². The number of nitrogens with two attached hydrogens (primary N) is 1. The lowest BCUT2D eigenvalue weighted by Gasteiger charge is -2.30. The third kappa shape index (κ3) is 6.52. The van der Waals surface area contributed by atoms with Crippen LogP contribution < -0.4 is 21.1 Å². The minimum absolute atomic E-state index is 0.119. The molecule has 0 saturated heterocycles. The van der Waals surface area contributed by atoms with Crippen molar-refractivity contribution in [3.8, 4) is 5.75 Å². The van der Waals surface area contributed by atoms with Crippen molar-refractivity contribution in [2.24, 2.45) is 10.7 Å². The highest BCUT2D eigenvalue weighted by Crippen LogP contribution is 2.32. The molecule has 6 heteroatoms. The van der Waals surface area contributed by atoms with Crippen LogP contribution in [-0.4, -0.2) is 31.6 Å². The van der Waals surface area contributed by atoms with Gasteiger partial charge in [-0.3, -0.25) is 9.79 Å². The van der Waals surface area contributed by atoms with Gasteiger partial charge in [0.1, 0.15) is 5.75 Å². The molecule has 0 aliphatic heterocycles. The van der Waals surface area contributed by atoms with Crippen molar-refractivity contribution in [3.63, 3.8) is 0 Å². The molecule has 1 fully saturated rings. The molecule has 6 nitrogen and oxygen atoms in total. The topological polar surface area (TPSA) is 88.7 Å². The third-order valence-electron chi connectivity index (χ3n) is 5.30. The lowest BCUT2D eigenvalue weighted by Crippen LogP contribution is -2.44. The predicted octanol–water partition coefficient (Wildman–Crippen LogP) is 2.94. The Balaban J connectivity index is 1.45. The fourth-order valence-electron chi connectivity index (χ4n) is 3.77. The molecule has 0 bridgehead atoms. The van der Waals surface area contributed by atoms with Crippen molar-refractivity contribution in [2.75, 3.05) is 13.7 Å². The standard InChI is InChI=1S/C23H30N4O2/c1-25-23(26-15-17-6-5-9-21(14-17)29-16-22(24)28)27-20-12-10-19(11-13-20)18-7-3-2-4-8-18/h2-9,14,19-20H,10-13,15-16H2,1H3,(H2,24,28)(H2,25,26,27). The molecule has 0 atom stereocenters. The highest BCUT2D eigenvalue weighted by atomic mass is 16.5. The predicted molar refractivity (Wildman–Crippen MR) is 116 cm³/mol. The molecule has 2 aromatic rings. The van der Waals surface area contributed by atoms with Gasteiger partial charge >= 0.3 is 0 Å². The summed E-state index contributed by atoms with van der Waals surface area (Å²) in [5, 5.41) is 6.91. The number of hydrogen-bond acceptors (Lipinski definition) is 3. The number of amides is 1. The second kappa shape index (κ2) is 10.5. The molecule has 3 rings (SSSR count). The quantitative estimate of drug-likeness (QED) is 0.498. The molecular weight excluding hydrogens is 364 g/mol. The van der Waals surface area contributed by atoms with Crippen molar-refractivity contribution in [1.29, 1.82) is 0 Å². The van der Waals surface area contributed by atoms with Gasteiger partial charge in [0.25, 0.3) is 5.91 Å². The zero-order chi connectivity index (χ0) is 20.5. The van der Waals surface area contributed by atoms with E-state index in [2.05, 4.69) is 46.0 Å². The van der Waals surface area contributed by atoms with Crippen molar-refractivity contribution < 1.29 is 9.53 Å². The maximum absolute atomic E-state index is 10.9. The van der Waals surface area contributed by atoms with E-state index in [0.29, 0.717) is 24.3 Å². The van der Waals surface area contributed by atoms with Crippen LogP contribution in [0.1, 0.15) is 42.7 Å². The van der Waals surface area contributed by atoms with E-state index in [1.807, 2.05) is 24.3 Å². The number of guanidine groups is 1. The fourth-order valence-corrected chi connectivity index (χ4v) is 3.77. The molecule has 1 amide bonds. The smallest absolute Gasteiger partial charge is 0.255 e. The van der Waals surface area contributed by atoms with Gasteiger partial charge in [0.05, 0.1) is 0 Å². The lowest BCUT2D eigenvalue weighted by atomic mass is 9.82. The average molecular weight is 395 g/mol. The summed E-state index contributed by atoms with van der Waals surface area (Å²) in [6.07, 6.45) is 4.66. The Kier molecular flexibility index (Phi) is 7.50. The Labute approximate surface area is 172 Å². The number of nitrogens with zero attached hydrogens (tertiary/aromatic N) is 1. The van der Waals surface area contributed by atoms with E-state index in [0.717, 1.165) is 24.4 Å². The van der Waals surface area contributed by atoms with Gasteiger partial charge in [0, 0.05) is 19.6 Å². The minimum atomic E-state index is -0.486. The molecular formula is C23H30N4O2. The van der Waals surface area contributed by atoms with E-state index in [9.17, 15) is 4.79 Å². The van der Waals surface area contributed by atoms with Crippen LogP contribution in [0.4, 0.5) is 0 Å². The van der Waals surface area contributed by atoms with Gasteiger partial charge in [-0.2, -0.15) is 0 Å². The number of aliphatic imine (C=N–C) groups is 1. The Morgan fingerprint density at radius 1 is 1.10 bits per heavy atom. The highest BCUT2D eigenvalue weighted by Gasteiger charge is 2.22. The minimum Gasteiger partial charge on any atom is -0.484 e. The van der Waals surface area contributed by atoms with Gasteiger partial charge in [-0.25, -0.2) is 0 Å². The number of rotatable bonds is 7. The summed E-state index contributed by atoms with van der Waals surface area (Å²) >= 11 is 0. The SMILES string of the molecule is CN=C(NCc1cccc(OCC(N)=O)c1)NC1CCC(c2ccccc2)CC1. The summed E-state index contributed by atoms with van der Waals surface area (Å²) in [5.74, 6) is 1.61. The van der Waals surface area contributed by atoms with E-state index in [1.165, 1.54) is 18.4 Å². The van der Waals surface area contributed by atoms with Crippen LogP contribution in [0.3, 0.4) is 0 Å². The van der Waals surface area contributed by atoms with Gasteiger partial charge in [0.15, 0.2) is 12.6 Å². The first kappa shape index (κ1) is 20.7. The average Bonchev–Trinajstić information content (AvgIpc) is 2.76. The molecule has 1 aliphatic carbocycles. The van der Waals surface area contributed by atoms with E-state index in [4.69, 9.17) is 10.5 Å². The lowest BCUT2D eigenvalue weighted by molar-refractivity contribution is -0.119. The normalized spacial score (nSPS) is 19.4. The van der Waals surface area contributed by atoms with Crippen LogP contribution in [0.5, 0.6) is 5.75 Å². The van der Waals surface area contributed by atoms with Crippen LogP contribution in [0.15, 0.2) is 59.6 Å². The molecule has 154 valence electrons. The summed E-state index contributed by atoms with van der Waals surface area (Å²) in [7, 11) is 1.79. The van der Waals surface area contributed by atoms with Gasteiger partial charge in [0.2, 0.25) is 0 Å². The zero-order valence-corrected chi connectivity index (χ0v) is 16.9. The van der Waals surface area contributed by atoms with Crippen LogP contribution in [0, 0.1) is 0 Å². The van der Waals surface area contributed by atoms with Crippen molar-refractivity contribution in [1.82, 2.24) is 10.6 Å². The van der Waals surface area contributed by atoms with E-state index in [1.54, 1.807) is 7.05 Å². The molecule has 2 aromatic carbocycles. The summed E-state index contributed by atoms with van der Waals surface area (Å²) in [6, 6.07) is 18.8. The molecule has 29 heavy (non-hydrogen) atoms. The molecule has 1 saturated carbocycles. The van der Waals surface area contributed by atoms with E-state index < -0.39 is 5.91 Å².